The Kier molecular flexibility index (Phi) is 5.82. The molecule has 2 aliphatic heterocycles. The third kappa shape index (κ3) is 4.49. The topological polar surface area (TPSA) is 69.7 Å². The molecule has 2 heterocycles. The smallest absolute Gasteiger partial charge is 0.253 e. The highest BCUT2D eigenvalue weighted by Gasteiger charge is 2.35. The van der Waals surface area contributed by atoms with Crippen LogP contribution in [-0.2, 0) is 9.59 Å². The number of hydrogen-bond donors (Lipinski definition) is 1. The van der Waals surface area contributed by atoms with Crippen molar-refractivity contribution in [2.75, 3.05) is 25.0 Å². The Morgan fingerprint density at radius 3 is 2.44 bits per heavy atom. The molecule has 6 nitrogen and oxygen atoms in total. The van der Waals surface area contributed by atoms with Crippen molar-refractivity contribution in [2.45, 2.75) is 46.1 Å². The second-order valence-electron chi connectivity index (χ2n) is 8.11. The van der Waals surface area contributed by atoms with E-state index < -0.39 is 0 Å². The van der Waals surface area contributed by atoms with Crippen molar-refractivity contribution >= 4 is 23.4 Å². The van der Waals surface area contributed by atoms with Crippen LogP contribution in [0.5, 0.6) is 0 Å². The van der Waals surface area contributed by atoms with Gasteiger partial charge in [-0.3, -0.25) is 14.4 Å². The predicted octanol–water partition coefficient (Wildman–Crippen LogP) is 2.75. The first-order chi connectivity index (χ1) is 12.8. The van der Waals surface area contributed by atoms with Gasteiger partial charge in [-0.15, -0.1) is 0 Å². The number of amides is 3. The summed E-state index contributed by atoms with van der Waals surface area (Å²) in [4.78, 5) is 40.7. The molecule has 3 rings (SSSR count). The van der Waals surface area contributed by atoms with Crippen molar-refractivity contribution < 1.29 is 14.4 Å². The molecule has 2 unspecified atom stereocenters. The van der Waals surface area contributed by atoms with Gasteiger partial charge in [0.25, 0.3) is 5.91 Å². The molecule has 2 saturated heterocycles. The van der Waals surface area contributed by atoms with Crippen LogP contribution < -0.4 is 5.32 Å². The zero-order chi connectivity index (χ0) is 19.6. The minimum atomic E-state index is -0.323. The number of hydrogen-bond acceptors (Lipinski definition) is 3. The lowest BCUT2D eigenvalue weighted by molar-refractivity contribution is -0.129. The van der Waals surface area contributed by atoms with Gasteiger partial charge in [-0.1, -0.05) is 6.92 Å². The first-order valence-electron chi connectivity index (χ1n) is 9.85. The number of nitrogens with one attached hydrogen (secondary N) is 1. The molecule has 0 saturated carbocycles. The maximum atomic E-state index is 12.6. The van der Waals surface area contributed by atoms with Gasteiger partial charge in [-0.2, -0.15) is 0 Å². The van der Waals surface area contributed by atoms with Crippen molar-refractivity contribution in [3.05, 3.63) is 29.8 Å². The lowest BCUT2D eigenvalue weighted by Crippen LogP contribution is -2.39. The molecule has 6 heteroatoms. The molecular formula is C21H29N3O3. The van der Waals surface area contributed by atoms with Gasteiger partial charge in [0.05, 0.1) is 5.92 Å². The molecule has 2 aliphatic rings. The zero-order valence-electron chi connectivity index (χ0n) is 16.4. The summed E-state index contributed by atoms with van der Waals surface area (Å²) in [5, 5.41) is 2.87. The number of likely N-dealkylation sites (tertiary alicyclic amines) is 2. The highest BCUT2D eigenvalue weighted by molar-refractivity contribution is 5.98. The van der Waals surface area contributed by atoms with Crippen LogP contribution in [0.2, 0.25) is 0 Å². The van der Waals surface area contributed by atoms with Crippen molar-refractivity contribution in [3.8, 4) is 0 Å². The number of piperidine rings is 1. The van der Waals surface area contributed by atoms with Gasteiger partial charge in [0.1, 0.15) is 0 Å². The van der Waals surface area contributed by atoms with Gasteiger partial charge in [0.15, 0.2) is 0 Å². The largest absolute Gasteiger partial charge is 0.339 e. The summed E-state index contributed by atoms with van der Waals surface area (Å²) in [6.45, 7) is 8.16. The number of rotatable bonds is 4. The first kappa shape index (κ1) is 19.4. The predicted molar refractivity (Wildman–Crippen MR) is 104 cm³/mol. The number of carbonyl (C=O) groups is 3. The molecule has 2 atom stereocenters. The van der Waals surface area contributed by atoms with E-state index in [2.05, 4.69) is 12.2 Å². The molecule has 3 amide bonds. The van der Waals surface area contributed by atoms with E-state index in [-0.39, 0.29) is 36.1 Å². The van der Waals surface area contributed by atoms with E-state index in [4.69, 9.17) is 0 Å². The third-order valence-corrected chi connectivity index (χ3v) is 5.50. The second kappa shape index (κ2) is 8.11. The van der Waals surface area contributed by atoms with Crippen LogP contribution in [-0.4, -0.2) is 53.2 Å². The maximum absolute atomic E-state index is 12.6. The molecule has 0 bridgehead atoms. The zero-order valence-corrected chi connectivity index (χ0v) is 16.4. The van der Waals surface area contributed by atoms with E-state index in [1.54, 1.807) is 29.2 Å². The fourth-order valence-electron chi connectivity index (χ4n) is 3.90. The normalized spacial score (nSPS) is 23.0. The third-order valence-electron chi connectivity index (χ3n) is 5.50. The van der Waals surface area contributed by atoms with Gasteiger partial charge in [-0.25, -0.2) is 0 Å². The fraction of sp³-hybridized carbons (Fsp3) is 0.571. The summed E-state index contributed by atoms with van der Waals surface area (Å²) < 4.78 is 0. The van der Waals surface area contributed by atoms with E-state index in [1.165, 1.54) is 6.42 Å². The summed E-state index contributed by atoms with van der Waals surface area (Å²) in [7, 11) is 0. The average Bonchev–Trinajstić information content (AvgIpc) is 3.04. The van der Waals surface area contributed by atoms with Gasteiger partial charge in [0.2, 0.25) is 11.8 Å². The SMILES string of the molecule is CC1CCCN(C(=O)c2ccc(NC(=O)C3CC(=O)N(C(C)C)C3)cc2)C1. The second-order valence-corrected chi connectivity index (χ2v) is 8.11. The minimum Gasteiger partial charge on any atom is -0.339 e. The molecule has 0 radical (unpaired) electrons. The van der Waals surface area contributed by atoms with Crippen molar-refractivity contribution in [3.63, 3.8) is 0 Å². The molecule has 1 aromatic rings. The molecule has 2 fully saturated rings. The number of anilines is 1. The lowest BCUT2D eigenvalue weighted by atomic mass is 9.99. The molecule has 0 spiro atoms. The Bertz CT molecular complexity index is 714. The first-order valence-corrected chi connectivity index (χ1v) is 9.85. The van der Waals surface area contributed by atoms with E-state index in [1.807, 2.05) is 18.7 Å². The minimum absolute atomic E-state index is 0.0295. The quantitative estimate of drug-likeness (QED) is 0.885. The van der Waals surface area contributed by atoms with Crippen molar-refractivity contribution in [2.24, 2.45) is 11.8 Å². The molecular weight excluding hydrogens is 342 g/mol. The van der Waals surface area contributed by atoms with Crippen LogP contribution >= 0.6 is 0 Å². The average molecular weight is 371 g/mol. The fourth-order valence-corrected chi connectivity index (χ4v) is 3.90. The Morgan fingerprint density at radius 2 is 1.85 bits per heavy atom. The van der Waals surface area contributed by atoms with E-state index in [9.17, 15) is 14.4 Å². The van der Waals surface area contributed by atoms with Gasteiger partial charge < -0.3 is 15.1 Å². The van der Waals surface area contributed by atoms with Crippen LogP contribution in [0.4, 0.5) is 5.69 Å². The lowest BCUT2D eigenvalue weighted by Gasteiger charge is -2.31. The summed E-state index contributed by atoms with van der Waals surface area (Å²) in [6.07, 6.45) is 2.48. The van der Waals surface area contributed by atoms with Crippen LogP contribution in [0, 0.1) is 11.8 Å². The summed E-state index contributed by atoms with van der Waals surface area (Å²) >= 11 is 0. The van der Waals surface area contributed by atoms with E-state index in [0.717, 1.165) is 19.5 Å². The number of nitrogens with zero attached hydrogens (tertiary/aromatic N) is 2. The highest BCUT2D eigenvalue weighted by Crippen LogP contribution is 2.23. The van der Waals surface area contributed by atoms with E-state index in [0.29, 0.717) is 23.7 Å². The van der Waals surface area contributed by atoms with Gasteiger partial charge >= 0.3 is 0 Å². The Morgan fingerprint density at radius 1 is 1.15 bits per heavy atom. The Labute approximate surface area is 160 Å². The monoisotopic (exact) mass is 371 g/mol. The maximum Gasteiger partial charge on any atom is 0.253 e. The van der Waals surface area contributed by atoms with Crippen LogP contribution in [0.25, 0.3) is 0 Å². The number of carbonyl (C=O) groups excluding carboxylic acids is 3. The molecule has 0 aromatic heterocycles. The Balaban J connectivity index is 1.58. The standard InChI is InChI=1S/C21H29N3O3/c1-14(2)24-13-17(11-19(24)25)20(26)22-18-8-6-16(7-9-18)21(27)23-10-4-5-15(3)12-23/h6-9,14-15,17H,4-5,10-13H2,1-3H3,(H,22,26). The highest BCUT2D eigenvalue weighted by atomic mass is 16.2. The summed E-state index contributed by atoms with van der Waals surface area (Å²) in [6, 6.07) is 7.15. The van der Waals surface area contributed by atoms with Gasteiger partial charge in [0, 0.05) is 43.3 Å². The van der Waals surface area contributed by atoms with Crippen molar-refractivity contribution in [1.29, 1.82) is 0 Å². The number of benzene rings is 1. The molecule has 1 N–H and O–H groups in total. The van der Waals surface area contributed by atoms with Crippen LogP contribution in [0.1, 0.15) is 50.4 Å². The molecule has 146 valence electrons. The van der Waals surface area contributed by atoms with E-state index >= 15 is 0 Å². The van der Waals surface area contributed by atoms with Crippen molar-refractivity contribution in [1.82, 2.24) is 9.80 Å². The summed E-state index contributed by atoms with van der Waals surface area (Å²) in [5.74, 6) is 0.155. The van der Waals surface area contributed by atoms with Crippen LogP contribution in [0.15, 0.2) is 24.3 Å². The Hall–Kier alpha value is -2.37. The van der Waals surface area contributed by atoms with Crippen LogP contribution in [0.3, 0.4) is 0 Å². The summed E-state index contributed by atoms with van der Waals surface area (Å²) in [5.41, 5.74) is 1.29. The molecule has 27 heavy (non-hydrogen) atoms. The molecule has 1 aromatic carbocycles. The molecule has 0 aliphatic carbocycles. The van der Waals surface area contributed by atoms with Gasteiger partial charge in [-0.05, 0) is 56.9 Å².